The largest absolute Gasteiger partial charge is 0.497 e. The Morgan fingerprint density at radius 2 is 1.69 bits per heavy atom. The van der Waals surface area contributed by atoms with Gasteiger partial charge in [-0.05, 0) is 41.3 Å². The van der Waals surface area contributed by atoms with Crippen LogP contribution in [0.2, 0.25) is 5.02 Å². The van der Waals surface area contributed by atoms with E-state index in [1.807, 2.05) is 72.8 Å². The molecular weight excluding hydrogens is 460 g/mol. The van der Waals surface area contributed by atoms with E-state index < -0.39 is 6.04 Å². The number of carbonyl (C=O) groups is 2. The first-order valence-electron chi connectivity index (χ1n) is 12.0. The number of hydrogen-bond donors (Lipinski definition) is 1. The lowest BCUT2D eigenvalue weighted by atomic mass is 10.0. The van der Waals surface area contributed by atoms with Gasteiger partial charge in [0.15, 0.2) is 0 Å². The van der Waals surface area contributed by atoms with Gasteiger partial charge in [0.05, 0.1) is 13.5 Å². The molecule has 35 heavy (non-hydrogen) atoms. The minimum atomic E-state index is -0.671. The zero-order valence-electron chi connectivity index (χ0n) is 20.4. The molecule has 0 aromatic heterocycles. The number of benzene rings is 3. The van der Waals surface area contributed by atoms with Crippen molar-refractivity contribution in [3.63, 3.8) is 0 Å². The summed E-state index contributed by atoms with van der Waals surface area (Å²) >= 11 is 6.36. The van der Waals surface area contributed by atoms with Crippen molar-refractivity contribution >= 4 is 23.4 Å². The van der Waals surface area contributed by atoms with Crippen LogP contribution in [0.25, 0.3) is 0 Å². The van der Waals surface area contributed by atoms with Crippen LogP contribution in [0.4, 0.5) is 0 Å². The third kappa shape index (κ3) is 7.86. The van der Waals surface area contributed by atoms with Crippen molar-refractivity contribution in [2.24, 2.45) is 0 Å². The van der Waals surface area contributed by atoms with Gasteiger partial charge in [-0.3, -0.25) is 9.59 Å². The third-order valence-electron chi connectivity index (χ3n) is 5.89. The lowest BCUT2D eigenvalue weighted by Gasteiger charge is -2.32. The highest BCUT2D eigenvalue weighted by Gasteiger charge is 2.30. The van der Waals surface area contributed by atoms with E-state index in [0.29, 0.717) is 23.7 Å². The minimum absolute atomic E-state index is 0.108. The average molecular weight is 493 g/mol. The van der Waals surface area contributed by atoms with Gasteiger partial charge in [-0.25, -0.2) is 0 Å². The second-order valence-corrected chi connectivity index (χ2v) is 8.90. The maximum Gasteiger partial charge on any atom is 0.243 e. The number of nitrogens with zero attached hydrogens (tertiary/aromatic N) is 1. The zero-order chi connectivity index (χ0) is 25.0. The Labute approximate surface area is 213 Å². The maximum absolute atomic E-state index is 13.7. The number of hydrogen-bond acceptors (Lipinski definition) is 3. The zero-order valence-corrected chi connectivity index (χ0v) is 21.1. The van der Waals surface area contributed by atoms with Crippen LogP contribution in [0.5, 0.6) is 5.75 Å². The van der Waals surface area contributed by atoms with Gasteiger partial charge in [-0.1, -0.05) is 85.6 Å². The molecule has 0 saturated carbocycles. The van der Waals surface area contributed by atoms with E-state index in [1.165, 1.54) is 0 Å². The molecule has 0 fully saturated rings. The second-order valence-electron chi connectivity index (χ2n) is 8.49. The molecular formula is C29H33ClN2O3. The molecule has 0 saturated heterocycles. The normalized spacial score (nSPS) is 11.5. The number of ether oxygens (including phenoxy) is 1. The van der Waals surface area contributed by atoms with Gasteiger partial charge in [0.2, 0.25) is 11.8 Å². The number of carbonyl (C=O) groups excluding carboxylic acids is 2. The molecule has 1 N–H and O–H groups in total. The fraction of sp³-hybridized carbons (Fsp3) is 0.310. The Morgan fingerprint density at radius 3 is 2.40 bits per heavy atom. The maximum atomic E-state index is 13.7. The molecule has 2 amide bonds. The number of unbranched alkanes of at least 4 members (excludes halogenated alkanes) is 1. The fourth-order valence-electron chi connectivity index (χ4n) is 3.93. The van der Waals surface area contributed by atoms with Gasteiger partial charge in [0.25, 0.3) is 0 Å². The molecule has 3 rings (SSSR count). The van der Waals surface area contributed by atoms with E-state index in [9.17, 15) is 9.59 Å². The number of halogens is 1. The fourth-order valence-corrected chi connectivity index (χ4v) is 4.14. The molecule has 0 radical (unpaired) electrons. The van der Waals surface area contributed by atoms with Crippen LogP contribution in [0.1, 0.15) is 36.5 Å². The Hall–Kier alpha value is -3.31. The first-order valence-corrected chi connectivity index (χ1v) is 12.4. The molecule has 6 heteroatoms. The second kappa shape index (κ2) is 13.5. The van der Waals surface area contributed by atoms with Gasteiger partial charge in [-0.15, -0.1) is 0 Å². The van der Waals surface area contributed by atoms with Crippen molar-refractivity contribution in [3.8, 4) is 5.75 Å². The molecule has 0 aliphatic carbocycles. The Balaban J connectivity index is 1.96. The highest BCUT2D eigenvalue weighted by atomic mass is 35.5. The molecule has 0 bridgehead atoms. The van der Waals surface area contributed by atoms with Crippen molar-refractivity contribution in [1.82, 2.24) is 10.2 Å². The highest BCUT2D eigenvalue weighted by molar-refractivity contribution is 6.31. The Bertz CT molecular complexity index is 1100. The molecule has 0 unspecified atom stereocenters. The molecule has 3 aromatic rings. The van der Waals surface area contributed by atoms with E-state index >= 15 is 0 Å². The van der Waals surface area contributed by atoms with Gasteiger partial charge in [0.1, 0.15) is 11.8 Å². The molecule has 184 valence electrons. The summed E-state index contributed by atoms with van der Waals surface area (Å²) in [6.07, 6.45) is 2.38. The van der Waals surface area contributed by atoms with Crippen LogP contribution in [0, 0.1) is 0 Å². The first kappa shape index (κ1) is 26.3. The lowest BCUT2D eigenvalue weighted by molar-refractivity contribution is -0.140. The number of methoxy groups -OCH3 is 1. The van der Waals surface area contributed by atoms with Crippen LogP contribution in [0.3, 0.4) is 0 Å². The van der Waals surface area contributed by atoms with E-state index in [4.69, 9.17) is 16.3 Å². The minimum Gasteiger partial charge on any atom is -0.497 e. The molecule has 0 aliphatic heterocycles. The number of nitrogens with one attached hydrogen (secondary N) is 1. The standard InChI is InChI=1S/C29H33ClN2O3/c1-3-4-17-31-29(34)27(19-22-11-6-5-7-12-22)32(21-23-13-10-15-25(18-23)35-2)28(33)20-24-14-8-9-16-26(24)30/h5-16,18,27H,3-4,17,19-21H2,1-2H3,(H,31,34)/t27-/m0/s1. The van der Waals surface area contributed by atoms with E-state index in [1.54, 1.807) is 18.1 Å². The van der Waals surface area contributed by atoms with Crippen molar-refractivity contribution in [2.45, 2.75) is 45.2 Å². The van der Waals surface area contributed by atoms with Crippen LogP contribution >= 0.6 is 11.6 Å². The topological polar surface area (TPSA) is 58.6 Å². The summed E-state index contributed by atoms with van der Waals surface area (Å²) in [5.41, 5.74) is 2.61. The lowest BCUT2D eigenvalue weighted by Crippen LogP contribution is -2.51. The van der Waals surface area contributed by atoms with Gasteiger partial charge in [-0.2, -0.15) is 0 Å². The van der Waals surface area contributed by atoms with Crippen molar-refractivity contribution < 1.29 is 14.3 Å². The summed E-state index contributed by atoms with van der Waals surface area (Å²) < 4.78 is 5.38. The van der Waals surface area contributed by atoms with Crippen molar-refractivity contribution in [3.05, 3.63) is 101 Å². The van der Waals surface area contributed by atoms with Crippen LogP contribution in [-0.2, 0) is 29.0 Å². The highest BCUT2D eigenvalue weighted by Crippen LogP contribution is 2.21. The quantitative estimate of drug-likeness (QED) is 0.342. The van der Waals surface area contributed by atoms with E-state index in [2.05, 4.69) is 12.2 Å². The Kier molecular flexibility index (Phi) is 10.2. The predicted octanol–water partition coefficient (Wildman–Crippen LogP) is 5.45. The SMILES string of the molecule is CCCCNC(=O)[C@H](Cc1ccccc1)N(Cc1cccc(OC)c1)C(=O)Cc1ccccc1Cl. The van der Waals surface area contributed by atoms with Crippen LogP contribution in [-0.4, -0.2) is 36.4 Å². The molecule has 1 atom stereocenters. The molecule has 3 aromatic carbocycles. The van der Waals surface area contributed by atoms with Gasteiger partial charge < -0.3 is 15.0 Å². The predicted molar refractivity (Wildman–Crippen MR) is 141 cm³/mol. The van der Waals surface area contributed by atoms with Crippen molar-refractivity contribution in [2.75, 3.05) is 13.7 Å². The molecule has 0 heterocycles. The van der Waals surface area contributed by atoms with E-state index in [-0.39, 0.29) is 24.8 Å². The summed E-state index contributed by atoms with van der Waals surface area (Å²) in [6.45, 7) is 2.93. The van der Waals surface area contributed by atoms with Crippen LogP contribution < -0.4 is 10.1 Å². The number of amides is 2. The molecule has 5 nitrogen and oxygen atoms in total. The number of rotatable bonds is 12. The van der Waals surface area contributed by atoms with E-state index in [0.717, 1.165) is 29.5 Å². The summed E-state index contributed by atoms with van der Waals surface area (Å²) in [4.78, 5) is 28.9. The van der Waals surface area contributed by atoms with Crippen molar-refractivity contribution in [1.29, 1.82) is 0 Å². The first-order chi connectivity index (χ1) is 17.0. The third-order valence-corrected chi connectivity index (χ3v) is 6.26. The monoisotopic (exact) mass is 492 g/mol. The summed E-state index contributed by atoms with van der Waals surface area (Å²) in [6, 6.07) is 24.0. The Morgan fingerprint density at radius 1 is 0.971 bits per heavy atom. The smallest absolute Gasteiger partial charge is 0.243 e. The molecule has 0 aliphatic rings. The average Bonchev–Trinajstić information content (AvgIpc) is 2.88. The summed E-state index contributed by atoms with van der Waals surface area (Å²) in [5, 5.41) is 3.58. The van der Waals surface area contributed by atoms with Gasteiger partial charge in [0, 0.05) is 24.5 Å². The van der Waals surface area contributed by atoms with Gasteiger partial charge >= 0.3 is 0 Å². The molecule has 0 spiro atoms. The van der Waals surface area contributed by atoms with Crippen LogP contribution in [0.15, 0.2) is 78.9 Å². The summed E-state index contributed by atoms with van der Waals surface area (Å²) in [7, 11) is 1.61. The summed E-state index contributed by atoms with van der Waals surface area (Å²) in [5.74, 6) is 0.387.